The first-order chi connectivity index (χ1) is 4.43. The van der Waals surface area contributed by atoms with Gasteiger partial charge in [-0.15, -0.1) is 0 Å². The molecule has 2 heteroatoms. The highest BCUT2D eigenvalue weighted by molar-refractivity contribution is 4.95. The smallest absolute Gasteiger partial charge is 0.138 e. The molecule has 0 saturated carbocycles. The number of rotatable bonds is 2. The van der Waals surface area contributed by atoms with Gasteiger partial charge < -0.3 is 4.89 Å². The Morgan fingerprint density at radius 2 is 2.33 bits per heavy atom. The molecule has 0 aromatic carbocycles. The first-order valence-electron chi connectivity index (χ1n) is 3.33. The minimum absolute atomic E-state index is 0.990. The zero-order chi connectivity index (χ0) is 6.53. The van der Waals surface area contributed by atoms with Crippen LogP contribution in [0, 0.1) is 0 Å². The normalized spacial score (nSPS) is 19.0. The predicted octanol–water partition coefficient (Wildman–Crippen LogP) is 2.02. The van der Waals surface area contributed by atoms with Gasteiger partial charge in [-0.2, -0.15) is 4.89 Å². The first kappa shape index (κ1) is 6.62. The second-order valence-electron chi connectivity index (χ2n) is 2.17. The molecule has 0 aromatic heterocycles. The van der Waals surface area contributed by atoms with Crippen LogP contribution in [0.3, 0.4) is 0 Å². The summed E-state index contributed by atoms with van der Waals surface area (Å²) in [6, 6.07) is 0. The van der Waals surface area contributed by atoms with Crippen LogP contribution in [-0.2, 0) is 9.78 Å². The summed E-state index contributed by atoms with van der Waals surface area (Å²) in [6.07, 6.45) is 6.78. The third kappa shape index (κ3) is 2.06. The Kier molecular flexibility index (Phi) is 2.58. The molecule has 2 nitrogen and oxygen atoms in total. The van der Waals surface area contributed by atoms with Crippen molar-refractivity contribution in [2.75, 3.05) is 7.11 Å². The van der Waals surface area contributed by atoms with Crippen LogP contribution in [0.5, 0.6) is 0 Å². The number of allylic oxidation sites excluding steroid dienone is 2. The van der Waals surface area contributed by atoms with Gasteiger partial charge in [0.25, 0.3) is 0 Å². The summed E-state index contributed by atoms with van der Waals surface area (Å²) in [4.78, 5) is 9.36. The Morgan fingerprint density at radius 3 is 2.89 bits per heavy atom. The molecule has 0 spiro atoms. The van der Waals surface area contributed by atoms with Crippen molar-refractivity contribution in [2.24, 2.45) is 0 Å². The van der Waals surface area contributed by atoms with Crippen LogP contribution in [0.4, 0.5) is 0 Å². The Bertz CT molecular complexity index is 107. The molecule has 0 radical (unpaired) electrons. The fourth-order valence-corrected chi connectivity index (χ4v) is 0.991. The molecule has 1 rings (SSSR count). The van der Waals surface area contributed by atoms with Gasteiger partial charge in [-0.1, -0.05) is 0 Å². The quantitative estimate of drug-likeness (QED) is 0.418. The maximum Gasteiger partial charge on any atom is 0.138 e. The van der Waals surface area contributed by atoms with Crippen LogP contribution in [0.2, 0.25) is 0 Å². The highest BCUT2D eigenvalue weighted by atomic mass is 17.2. The minimum atomic E-state index is 0.990. The molecule has 0 atom stereocenters. The number of hydrogen-bond acceptors (Lipinski definition) is 2. The fourth-order valence-electron chi connectivity index (χ4n) is 0.991. The van der Waals surface area contributed by atoms with E-state index in [0.717, 1.165) is 18.6 Å². The molecule has 1 aliphatic rings. The summed E-state index contributed by atoms with van der Waals surface area (Å²) in [7, 11) is 1.54. The second kappa shape index (κ2) is 3.51. The molecular weight excluding hydrogens is 116 g/mol. The molecule has 0 N–H and O–H groups in total. The van der Waals surface area contributed by atoms with Crippen molar-refractivity contribution in [2.45, 2.75) is 25.7 Å². The molecule has 52 valence electrons. The standard InChI is InChI=1S/C7H12O2/c1-8-9-7-5-3-2-4-6-7/h5H,2-4,6H2,1H3. The van der Waals surface area contributed by atoms with E-state index in [1.807, 2.05) is 0 Å². The van der Waals surface area contributed by atoms with Gasteiger partial charge in [0.05, 0.1) is 7.11 Å². The van der Waals surface area contributed by atoms with Crippen molar-refractivity contribution in [1.82, 2.24) is 0 Å². The van der Waals surface area contributed by atoms with E-state index in [4.69, 9.17) is 4.89 Å². The van der Waals surface area contributed by atoms with Gasteiger partial charge in [0.15, 0.2) is 0 Å². The van der Waals surface area contributed by atoms with Crippen LogP contribution in [0.25, 0.3) is 0 Å². The van der Waals surface area contributed by atoms with Gasteiger partial charge in [0, 0.05) is 6.42 Å². The Balaban J connectivity index is 2.28. The van der Waals surface area contributed by atoms with Crippen molar-refractivity contribution in [3.63, 3.8) is 0 Å². The molecule has 0 amide bonds. The van der Waals surface area contributed by atoms with Gasteiger partial charge in [-0.3, -0.25) is 0 Å². The van der Waals surface area contributed by atoms with Crippen LogP contribution in [0.15, 0.2) is 11.8 Å². The van der Waals surface area contributed by atoms with Crippen molar-refractivity contribution >= 4 is 0 Å². The van der Waals surface area contributed by atoms with E-state index in [2.05, 4.69) is 11.0 Å². The molecule has 1 aliphatic carbocycles. The average molecular weight is 128 g/mol. The maximum atomic E-state index is 4.84. The third-order valence-corrected chi connectivity index (χ3v) is 1.44. The van der Waals surface area contributed by atoms with E-state index in [1.54, 1.807) is 0 Å². The summed E-state index contributed by atoms with van der Waals surface area (Å²) in [5.41, 5.74) is 0. The van der Waals surface area contributed by atoms with E-state index in [9.17, 15) is 0 Å². The fraction of sp³-hybridized carbons (Fsp3) is 0.714. The Labute approximate surface area is 55.4 Å². The lowest BCUT2D eigenvalue weighted by molar-refractivity contribution is -0.240. The highest BCUT2D eigenvalue weighted by Crippen LogP contribution is 2.17. The van der Waals surface area contributed by atoms with Gasteiger partial charge in [0.1, 0.15) is 5.76 Å². The van der Waals surface area contributed by atoms with Gasteiger partial charge in [-0.05, 0) is 25.3 Å². The molecular formula is C7H12O2. The highest BCUT2D eigenvalue weighted by Gasteiger charge is 2.03. The largest absolute Gasteiger partial charge is 0.343 e. The lowest BCUT2D eigenvalue weighted by Gasteiger charge is -2.09. The van der Waals surface area contributed by atoms with Crippen molar-refractivity contribution in [1.29, 1.82) is 0 Å². The predicted molar refractivity (Wildman–Crippen MR) is 34.6 cm³/mol. The molecule has 0 aromatic rings. The van der Waals surface area contributed by atoms with Crippen LogP contribution in [0.1, 0.15) is 25.7 Å². The Morgan fingerprint density at radius 1 is 1.44 bits per heavy atom. The van der Waals surface area contributed by atoms with Crippen molar-refractivity contribution < 1.29 is 9.78 Å². The molecule has 0 bridgehead atoms. The molecule has 0 heterocycles. The molecule has 0 aliphatic heterocycles. The van der Waals surface area contributed by atoms with Crippen LogP contribution >= 0.6 is 0 Å². The minimum Gasteiger partial charge on any atom is -0.343 e. The summed E-state index contributed by atoms with van der Waals surface area (Å²) in [5, 5.41) is 0. The molecule has 9 heavy (non-hydrogen) atoms. The summed E-state index contributed by atoms with van der Waals surface area (Å²) < 4.78 is 0. The van der Waals surface area contributed by atoms with Crippen LogP contribution in [-0.4, -0.2) is 7.11 Å². The topological polar surface area (TPSA) is 18.5 Å². The van der Waals surface area contributed by atoms with Gasteiger partial charge in [0.2, 0.25) is 0 Å². The van der Waals surface area contributed by atoms with Crippen LogP contribution < -0.4 is 0 Å². The average Bonchev–Trinajstić information content (AvgIpc) is 1.91. The van der Waals surface area contributed by atoms with E-state index < -0.39 is 0 Å². The summed E-state index contributed by atoms with van der Waals surface area (Å²) >= 11 is 0. The lowest BCUT2D eigenvalue weighted by atomic mass is 10.1. The second-order valence-corrected chi connectivity index (χ2v) is 2.17. The molecule has 0 unspecified atom stereocenters. The zero-order valence-electron chi connectivity index (χ0n) is 5.72. The Hall–Kier alpha value is -0.500. The first-order valence-corrected chi connectivity index (χ1v) is 3.33. The lowest BCUT2D eigenvalue weighted by Crippen LogP contribution is -1.95. The van der Waals surface area contributed by atoms with E-state index >= 15 is 0 Å². The molecule has 0 fully saturated rings. The molecule has 0 saturated heterocycles. The summed E-state index contributed by atoms with van der Waals surface area (Å²) in [6.45, 7) is 0. The maximum absolute atomic E-state index is 4.84. The van der Waals surface area contributed by atoms with Gasteiger partial charge >= 0.3 is 0 Å². The van der Waals surface area contributed by atoms with Gasteiger partial charge in [-0.25, -0.2) is 0 Å². The zero-order valence-corrected chi connectivity index (χ0v) is 5.72. The van der Waals surface area contributed by atoms with E-state index in [-0.39, 0.29) is 0 Å². The van der Waals surface area contributed by atoms with Crippen molar-refractivity contribution in [3.8, 4) is 0 Å². The summed E-state index contributed by atoms with van der Waals surface area (Å²) in [5.74, 6) is 0.990. The monoisotopic (exact) mass is 128 g/mol. The van der Waals surface area contributed by atoms with E-state index in [0.29, 0.717) is 0 Å². The van der Waals surface area contributed by atoms with E-state index in [1.165, 1.54) is 20.0 Å². The van der Waals surface area contributed by atoms with Crippen molar-refractivity contribution in [3.05, 3.63) is 11.8 Å². The number of hydrogen-bond donors (Lipinski definition) is 0. The third-order valence-electron chi connectivity index (χ3n) is 1.44. The SMILES string of the molecule is COOC1=CCCCC1.